The maximum Gasteiger partial charge on any atom is 0.0558 e. The predicted molar refractivity (Wildman–Crippen MR) is 70.8 cm³/mol. The third-order valence-electron chi connectivity index (χ3n) is 2.87. The van der Waals surface area contributed by atoms with Gasteiger partial charge in [0.25, 0.3) is 0 Å². The van der Waals surface area contributed by atoms with Gasteiger partial charge >= 0.3 is 0 Å². The van der Waals surface area contributed by atoms with Crippen LogP contribution in [0.5, 0.6) is 0 Å². The molecule has 0 aliphatic heterocycles. The highest BCUT2D eigenvalue weighted by molar-refractivity contribution is 7.10. The van der Waals surface area contributed by atoms with Gasteiger partial charge in [-0.3, -0.25) is 4.90 Å². The summed E-state index contributed by atoms with van der Waals surface area (Å²) in [5.74, 6) is 6.00. The Kier molecular flexibility index (Phi) is 4.57. The SMILES string of the molecule is NCC#Cc1ccsc1CN(CCO)C1CC1. The molecule has 1 fully saturated rings. The molecule has 3 nitrogen and oxygen atoms in total. The lowest BCUT2D eigenvalue weighted by atomic mass is 10.2. The van der Waals surface area contributed by atoms with Gasteiger partial charge in [0.2, 0.25) is 0 Å². The van der Waals surface area contributed by atoms with Gasteiger partial charge in [-0.05, 0) is 24.3 Å². The van der Waals surface area contributed by atoms with E-state index in [0.29, 0.717) is 12.6 Å². The molecule has 92 valence electrons. The Labute approximate surface area is 106 Å². The van der Waals surface area contributed by atoms with Crippen LogP contribution in [0.15, 0.2) is 11.4 Å². The van der Waals surface area contributed by atoms with Gasteiger partial charge in [-0.25, -0.2) is 0 Å². The van der Waals surface area contributed by atoms with Gasteiger partial charge in [-0.1, -0.05) is 11.8 Å². The van der Waals surface area contributed by atoms with E-state index < -0.39 is 0 Å². The Morgan fingerprint density at radius 1 is 1.53 bits per heavy atom. The van der Waals surface area contributed by atoms with Gasteiger partial charge in [-0.2, -0.15) is 0 Å². The average molecular weight is 250 g/mol. The first kappa shape index (κ1) is 12.6. The molecule has 1 aliphatic rings. The standard InChI is InChI=1S/C13H18N2OS/c14-6-1-2-11-5-9-17-13(11)10-15(7-8-16)12-3-4-12/h5,9,12,16H,3-4,6-8,10,14H2. The number of aliphatic hydroxyl groups excluding tert-OH is 1. The van der Waals surface area contributed by atoms with Crippen LogP contribution in [-0.2, 0) is 6.54 Å². The van der Waals surface area contributed by atoms with Crippen LogP contribution in [0.25, 0.3) is 0 Å². The van der Waals surface area contributed by atoms with E-state index in [4.69, 9.17) is 10.8 Å². The van der Waals surface area contributed by atoms with E-state index in [9.17, 15) is 0 Å². The van der Waals surface area contributed by atoms with Crippen molar-refractivity contribution in [3.63, 3.8) is 0 Å². The monoisotopic (exact) mass is 250 g/mol. The van der Waals surface area contributed by atoms with E-state index >= 15 is 0 Å². The number of thiophene rings is 1. The van der Waals surface area contributed by atoms with Crippen molar-refractivity contribution in [1.82, 2.24) is 4.90 Å². The molecule has 1 aliphatic carbocycles. The first-order valence-corrected chi connectivity index (χ1v) is 6.83. The van der Waals surface area contributed by atoms with Crippen LogP contribution >= 0.6 is 11.3 Å². The van der Waals surface area contributed by atoms with Crippen LogP contribution in [0.3, 0.4) is 0 Å². The molecule has 1 saturated carbocycles. The zero-order valence-electron chi connectivity index (χ0n) is 9.85. The zero-order chi connectivity index (χ0) is 12.1. The molecule has 4 heteroatoms. The van der Waals surface area contributed by atoms with Crippen molar-refractivity contribution < 1.29 is 5.11 Å². The zero-order valence-corrected chi connectivity index (χ0v) is 10.7. The highest BCUT2D eigenvalue weighted by Gasteiger charge is 2.28. The molecule has 0 atom stereocenters. The molecule has 2 rings (SSSR count). The van der Waals surface area contributed by atoms with Crippen LogP contribution in [0.4, 0.5) is 0 Å². The van der Waals surface area contributed by atoms with Crippen molar-refractivity contribution >= 4 is 11.3 Å². The van der Waals surface area contributed by atoms with Crippen LogP contribution < -0.4 is 5.73 Å². The molecule has 1 aromatic heterocycles. The van der Waals surface area contributed by atoms with Gasteiger partial charge < -0.3 is 10.8 Å². The second kappa shape index (κ2) is 6.18. The minimum absolute atomic E-state index is 0.228. The Morgan fingerprint density at radius 2 is 2.35 bits per heavy atom. The van der Waals surface area contributed by atoms with Crippen LogP contribution in [0, 0.1) is 11.8 Å². The molecule has 17 heavy (non-hydrogen) atoms. The van der Waals surface area contributed by atoms with E-state index in [1.807, 2.05) is 6.07 Å². The minimum Gasteiger partial charge on any atom is -0.395 e. The Bertz CT molecular complexity index is 415. The summed E-state index contributed by atoms with van der Waals surface area (Å²) in [6.07, 6.45) is 2.52. The summed E-state index contributed by atoms with van der Waals surface area (Å²) in [5, 5.41) is 11.1. The van der Waals surface area contributed by atoms with Gasteiger partial charge in [0.15, 0.2) is 0 Å². The lowest BCUT2D eigenvalue weighted by Crippen LogP contribution is -2.28. The van der Waals surface area contributed by atoms with E-state index in [-0.39, 0.29) is 6.61 Å². The molecule has 0 aromatic carbocycles. The summed E-state index contributed by atoms with van der Waals surface area (Å²) in [6.45, 7) is 2.29. The van der Waals surface area contributed by atoms with Gasteiger partial charge in [-0.15, -0.1) is 11.3 Å². The van der Waals surface area contributed by atoms with Crippen molar-refractivity contribution in [2.45, 2.75) is 25.4 Å². The third-order valence-corrected chi connectivity index (χ3v) is 3.77. The molecule has 1 aromatic rings. The molecule has 3 N–H and O–H groups in total. The van der Waals surface area contributed by atoms with Gasteiger partial charge in [0, 0.05) is 29.6 Å². The molecular weight excluding hydrogens is 232 g/mol. The molecule has 0 radical (unpaired) electrons. The second-order valence-electron chi connectivity index (χ2n) is 4.19. The van der Waals surface area contributed by atoms with E-state index in [1.165, 1.54) is 17.7 Å². The highest BCUT2D eigenvalue weighted by atomic mass is 32.1. The fraction of sp³-hybridized carbons (Fsp3) is 0.538. The molecular formula is C13H18N2OS. The van der Waals surface area contributed by atoms with Crippen molar-refractivity contribution in [2.24, 2.45) is 5.73 Å². The summed E-state index contributed by atoms with van der Waals surface area (Å²) in [4.78, 5) is 3.63. The molecule has 1 heterocycles. The first-order chi connectivity index (χ1) is 8.35. The lowest BCUT2D eigenvalue weighted by Gasteiger charge is -2.20. The van der Waals surface area contributed by atoms with Crippen molar-refractivity contribution in [3.05, 3.63) is 21.9 Å². The Hall–Kier alpha value is -0.860. The summed E-state index contributed by atoms with van der Waals surface area (Å²) in [7, 11) is 0. The Balaban J connectivity index is 2.03. The summed E-state index contributed by atoms with van der Waals surface area (Å²) in [5.41, 5.74) is 6.48. The maximum absolute atomic E-state index is 9.07. The van der Waals surface area contributed by atoms with Crippen molar-refractivity contribution in [3.8, 4) is 11.8 Å². The normalized spacial score (nSPS) is 14.8. The third kappa shape index (κ3) is 3.55. The molecule has 0 unspecified atom stereocenters. The van der Waals surface area contributed by atoms with Gasteiger partial charge in [0.1, 0.15) is 0 Å². The topological polar surface area (TPSA) is 49.5 Å². The summed E-state index contributed by atoms with van der Waals surface area (Å²) in [6, 6.07) is 2.71. The van der Waals surface area contributed by atoms with E-state index in [2.05, 4.69) is 22.1 Å². The fourth-order valence-electron chi connectivity index (χ4n) is 1.86. The van der Waals surface area contributed by atoms with E-state index in [1.54, 1.807) is 11.3 Å². The minimum atomic E-state index is 0.228. The fourth-order valence-corrected chi connectivity index (χ4v) is 2.72. The van der Waals surface area contributed by atoms with Crippen LogP contribution in [-0.4, -0.2) is 35.7 Å². The molecule has 0 bridgehead atoms. The number of rotatable bonds is 5. The number of hydrogen-bond acceptors (Lipinski definition) is 4. The van der Waals surface area contributed by atoms with E-state index in [0.717, 1.165) is 18.7 Å². The van der Waals surface area contributed by atoms with Crippen LogP contribution in [0.2, 0.25) is 0 Å². The first-order valence-electron chi connectivity index (χ1n) is 5.95. The van der Waals surface area contributed by atoms with Gasteiger partial charge in [0.05, 0.1) is 13.2 Å². The second-order valence-corrected chi connectivity index (χ2v) is 5.19. The van der Waals surface area contributed by atoms with Crippen molar-refractivity contribution in [1.29, 1.82) is 0 Å². The van der Waals surface area contributed by atoms with Crippen molar-refractivity contribution in [2.75, 3.05) is 19.7 Å². The average Bonchev–Trinajstić information content (AvgIpc) is 3.08. The highest BCUT2D eigenvalue weighted by Crippen LogP contribution is 2.29. The predicted octanol–water partition coefficient (Wildman–Crippen LogP) is 1.02. The summed E-state index contributed by atoms with van der Waals surface area (Å²) < 4.78 is 0. The molecule has 0 spiro atoms. The molecule has 0 saturated heterocycles. The smallest absolute Gasteiger partial charge is 0.0558 e. The number of nitrogens with zero attached hydrogens (tertiary/aromatic N) is 1. The quantitative estimate of drug-likeness (QED) is 0.767. The maximum atomic E-state index is 9.07. The van der Waals surface area contributed by atoms with Crippen LogP contribution in [0.1, 0.15) is 23.3 Å². The molecule has 0 amide bonds. The number of nitrogens with two attached hydrogens (primary N) is 1. The summed E-state index contributed by atoms with van der Waals surface area (Å²) >= 11 is 1.73. The number of aliphatic hydroxyl groups is 1. The Morgan fingerprint density at radius 3 is 3.00 bits per heavy atom. The number of hydrogen-bond donors (Lipinski definition) is 2. The largest absolute Gasteiger partial charge is 0.395 e. The lowest BCUT2D eigenvalue weighted by molar-refractivity contribution is 0.184.